The molecule has 9 heteroatoms. The van der Waals surface area contributed by atoms with Crippen LogP contribution < -0.4 is 10.6 Å². The number of carbonyl (C=O) groups is 4. The van der Waals surface area contributed by atoms with Gasteiger partial charge >= 0.3 is 12.0 Å². The summed E-state index contributed by atoms with van der Waals surface area (Å²) >= 11 is 0. The topological polar surface area (TPSA) is 130 Å². The van der Waals surface area contributed by atoms with Gasteiger partial charge in [0, 0.05) is 29.7 Å². The first-order valence-corrected chi connectivity index (χ1v) is 7.81. The second-order valence-corrected chi connectivity index (χ2v) is 5.69. The normalized spacial score (nSPS) is 16.6. The lowest BCUT2D eigenvalue weighted by molar-refractivity contribution is -0.142. The highest BCUT2D eigenvalue weighted by molar-refractivity contribution is 6.23. The van der Waals surface area contributed by atoms with E-state index >= 15 is 0 Å². The van der Waals surface area contributed by atoms with E-state index in [2.05, 4.69) is 9.98 Å². The Balaban J connectivity index is 1.82. The minimum Gasteiger partial charge on any atom is -0.467 e. The molecule has 3 N–H and O–H groups in total. The van der Waals surface area contributed by atoms with Gasteiger partial charge in [-0.2, -0.15) is 0 Å². The predicted molar refractivity (Wildman–Crippen MR) is 91.5 cm³/mol. The van der Waals surface area contributed by atoms with E-state index in [1.807, 2.05) is 34.9 Å². The molecule has 0 spiro atoms. The number of amides is 4. The number of H-pyrrole nitrogens is 1. The number of benzene rings is 1. The molecule has 0 bridgehead atoms. The maximum Gasteiger partial charge on any atom is 0.330 e. The molecule has 0 radical (unpaired) electrons. The Bertz CT molecular complexity index is 897. The summed E-state index contributed by atoms with van der Waals surface area (Å²) in [5.74, 6) is -3.47. The largest absolute Gasteiger partial charge is 0.467 e. The molecule has 2 heterocycles. The second kappa shape index (κ2) is 7.18. The van der Waals surface area contributed by atoms with Crippen LogP contribution in [0.1, 0.15) is 5.56 Å². The van der Waals surface area contributed by atoms with Crippen LogP contribution in [-0.4, -0.2) is 48.2 Å². The lowest BCUT2D eigenvalue weighted by Gasteiger charge is -2.18. The van der Waals surface area contributed by atoms with E-state index in [1.54, 1.807) is 6.20 Å². The maximum atomic E-state index is 12.1. The van der Waals surface area contributed by atoms with Gasteiger partial charge in [0.1, 0.15) is 0 Å². The van der Waals surface area contributed by atoms with Gasteiger partial charge in [-0.05, 0) is 11.6 Å². The Hall–Kier alpha value is -3.49. The van der Waals surface area contributed by atoms with Crippen molar-refractivity contribution in [2.75, 3.05) is 7.11 Å². The van der Waals surface area contributed by atoms with Gasteiger partial charge in [-0.1, -0.05) is 18.2 Å². The zero-order valence-corrected chi connectivity index (χ0v) is 13.8. The van der Waals surface area contributed by atoms with E-state index in [4.69, 9.17) is 4.74 Å². The first-order valence-electron chi connectivity index (χ1n) is 7.81. The molecule has 1 aliphatic heterocycles. The number of barbiturate groups is 1. The number of nitrogens with one attached hydrogen (secondary N) is 3. The molecule has 0 unspecified atom stereocenters. The first kappa shape index (κ1) is 17.3. The summed E-state index contributed by atoms with van der Waals surface area (Å²) in [6.07, 6.45) is 3.06. The molecule has 1 aromatic heterocycles. The van der Waals surface area contributed by atoms with E-state index in [9.17, 15) is 19.2 Å². The molecule has 1 atom stereocenters. The third kappa shape index (κ3) is 3.46. The highest BCUT2D eigenvalue weighted by atomic mass is 16.5. The van der Waals surface area contributed by atoms with Crippen molar-refractivity contribution in [3.63, 3.8) is 0 Å². The van der Waals surface area contributed by atoms with Crippen LogP contribution in [0.25, 0.3) is 10.9 Å². The highest BCUT2D eigenvalue weighted by Crippen LogP contribution is 2.20. The SMILES string of the molecule is COC(=O)[C@H](Cc1c[nH]c2ccccc12)N=CC1C(=O)NC(=O)NC1=O. The molecule has 1 saturated heterocycles. The summed E-state index contributed by atoms with van der Waals surface area (Å²) in [6.45, 7) is 0. The van der Waals surface area contributed by atoms with Gasteiger partial charge in [0.15, 0.2) is 12.0 Å². The molecule has 26 heavy (non-hydrogen) atoms. The average Bonchev–Trinajstić information content (AvgIpc) is 3.02. The van der Waals surface area contributed by atoms with E-state index in [0.717, 1.165) is 22.7 Å². The molecule has 4 amide bonds. The maximum absolute atomic E-state index is 12.1. The monoisotopic (exact) mass is 356 g/mol. The lowest BCUT2D eigenvalue weighted by atomic mass is 10.0. The Morgan fingerprint density at radius 2 is 1.92 bits per heavy atom. The fourth-order valence-electron chi connectivity index (χ4n) is 2.70. The highest BCUT2D eigenvalue weighted by Gasteiger charge is 2.33. The quantitative estimate of drug-likeness (QED) is 0.403. The van der Waals surface area contributed by atoms with Crippen LogP contribution in [-0.2, 0) is 25.5 Å². The fourth-order valence-corrected chi connectivity index (χ4v) is 2.70. The molecule has 9 nitrogen and oxygen atoms in total. The number of aromatic amines is 1. The molecule has 0 saturated carbocycles. The van der Waals surface area contributed by atoms with E-state index in [-0.39, 0.29) is 6.42 Å². The van der Waals surface area contributed by atoms with Crippen molar-refractivity contribution in [2.24, 2.45) is 10.9 Å². The zero-order chi connectivity index (χ0) is 18.7. The number of aliphatic imine (C=N–C) groups is 1. The van der Waals surface area contributed by atoms with Crippen molar-refractivity contribution in [1.29, 1.82) is 0 Å². The molecule has 2 aromatic rings. The lowest BCUT2D eigenvalue weighted by Crippen LogP contribution is -2.56. The van der Waals surface area contributed by atoms with Crippen molar-refractivity contribution in [3.05, 3.63) is 36.0 Å². The number of aromatic nitrogens is 1. The summed E-state index contributed by atoms with van der Waals surface area (Å²) in [5, 5.41) is 4.89. The van der Waals surface area contributed by atoms with Crippen LogP contribution in [0, 0.1) is 5.92 Å². The molecule has 1 aromatic carbocycles. The van der Waals surface area contributed by atoms with E-state index in [1.165, 1.54) is 7.11 Å². The summed E-state index contributed by atoms with van der Waals surface area (Å²) in [6, 6.07) is 5.77. The summed E-state index contributed by atoms with van der Waals surface area (Å²) in [5.41, 5.74) is 1.76. The summed E-state index contributed by atoms with van der Waals surface area (Å²) in [4.78, 5) is 53.8. The van der Waals surface area contributed by atoms with Gasteiger partial charge < -0.3 is 9.72 Å². The number of rotatable bonds is 5. The number of fused-ring (bicyclic) bond motifs is 1. The van der Waals surface area contributed by atoms with Gasteiger partial charge in [0.2, 0.25) is 11.8 Å². The van der Waals surface area contributed by atoms with E-state index in [0.29, 0.717) is 0 Å². The minimum atomic E-state index is -1.29. The van der Waals surface area contributed by atoms with E-state index < -0.39 is 35.8 Å². The molecule has 1 aliphatic rings. The van der Waals surface area contributed by atoms with Gasteiger partial charge in [0.25, 0.3) is 0 Å². The van der Waals surface area contributed by atoms with Crippen LogP contribution in [0.3, 0.4) is 0 Å². The first-order chi connectivity index (χ1) is 12.5. The van der Waals surface area contributed by atoms with Crippen molar-refractivity contribution in [1.82, 2.24) is 15.6 Å². The second-order valence-electron chi connectivity index (χ2n) is 5.69. The zero-order valence-electron chi connectivity index (χ0n) is 13.8. The van der Waals surface area contributed by atoms with Gasteiger partial charge in [0.05, 0.1) is 7.11 Å². The number of carbonyl (C=O) groups excluding carboxylic acids is 4. The standard InChI is InChI=1S/C17H16N4O5/c1-26-16(24)13(6-9-7-18-12-5-3-2-4-10(9)12)19-8-11-14(22)20-17(25)21-15(11)23/h2-5,7-8,11,13,18H,6H2,1H3,(H2,20,21,22,23,25)/t13-/m0/s1. The minimum absolute atomic E-state index is 0.224. The van der Waals surface area contributed by atoms with Crippen LogP contribution in [0.2, 0.25) is 0 Å². The predicted octanol–water partition coefficient (Wildman–Crippen LogP) is 0.305. The number of urea groups is 1. The Morgan fingerprint density at radius 1 is 1.23 bits per heavy atom. The Morgan fingerprint density at radius 3 is 2.62 bits per heavy atom. The average molecular weight is 356 g/mol. The number of esters is 1. The third-order valence-corrected chi connectivity index (χ3v) is 4.01. The Kier molecular flexibility index (Phi) is 4.78. The molecular formula is C17H16N4O5. The van der Waals surface area contributed by atoms with Crippen LogP contribution in [0.4, 0.5) is 4.79 Å². The fraction of sp³-hybridized carbons (Fsp3) is 0.235. The van der Waals surface area contributed by atoms with Crippen molar-refractivity contribution in [2.45, 2.75) is 12.5 Å². The molecule has 134 valence electrons. The number of hydrogen-bond donors (Lipinski definition) is 3. The molecular weight excluding hydrogens is 340 g/mol. The van der Waals surface area contributed by atoms with Crippen LogP contribution in [0.5, 0.6) is 0 Å². The van der Waals surface area contributed by atoms with Crippen molar-refractivity contribution < 1.29 is 23.9 Å². The molecule has 0 aliphatic carbocycles. The number of ether oxygens (including phenoxy) is 1. The van der Waals surface area contributed by atoms with Gasteiger partial charge in [-0.15, -0.1) is 0 Å². The number of imide groups is 2. The number of nitrogens with zero attached hydrogens (tertiary/aromatic N) is 1. The van der Waals surface area contributed by atoms with Crippen LogP contribution in [0.15, 0.2) is 35.5 Å². The van der Waals surface area contributed by atoms with Crippen LogP contribution >= 0.6 is 0 Å². The number of hydrogen-bond acceptors (Lipinski definition) is 6. The van der Waals surface area contributed by atoms with Gasteiger partial charge in [-0.3, -0.25) is 25.2 Å². The van der Waals surface area contributed by atoms with Crippen molar-refractivity contribution in [3.8, 4) is 0 Å². The molecule has 3 rings (SSSR count). The van der Waals surface area contributed by atoms with Gasteiger partial charge in [-0.25, -0.2) is 9.59 Å². The molecule has 1 fully saturated rings. The summed E-state index contributed by atoms with van der Waals surface area (Å²) in [7, 11) is 1.23. The smallest absolute Gasteiger partial charge is 0.330 e. The number of para-hydroxylation sites is 1. The summed E-state index contributed by atoms with van der Waals surface area (Å²) < 4.78 is 4.77. The third-order valence-electron chi connectivity index (χ3n) is 4.01. The Labute approximate surface area is 147 Å². The number of methoxy groups -OCH3 is 1. The van der Waals surface area contributed by atoms with Crippen molar-refractivity contribution >= 4 is 40.9 Å².